The molecule has 0 saturated carbocycles. The molecule has 0 bridgehead atoms. The van der Waals surface area contributed by atoms with E-state index in [1.807, 2.05) is 0 Å². The lowest BCUT2D eigenvalue weighted by molar-refractivity contribution is 0.0682. The van der Waals surface area contributed by atoms with Crippen molar-refractivity contribution in [2.24, 2.45) is 5.92 Å². The van der Waals surface area contributed by atoms with Gasteiger partial charge in [0.15, 0.2) is 0 Å². The summed E-state index contributed by atoms with van der Waals surface area (Å²) in [5, 5.41) is 12.9. The van der Waals surface area contributed by atoms with Crippen LogP contribution in [0.5, 0.6) is 0 Å². The minimum atomic E-state index is -1.05. The van der Waals surface area contributed by atoms with Crippen molar-refractivity contribution in [3.8, 4) is 0 Å². The maximum Gasteiger partial charge on any atom is 0.375 e. The molecule has 0 unspecified atom stereocenters. The van der Waals surface area contributed by atoms with Crippen LogP contribution < -0.4 is 0 Å². The maximum absolute atomic E-state index is 10.8. The van der Waals surface area contributed by atoms with Crippen molar-refractivity contribution in [2.45, 2.75) is 39.2 Å². The molecule has 0 spiro atoms. The molecule has 5 nitrogen and oxygen atoms in total. The van der Waals surface area contributed by atoms with E-state index in [0.717, 1.165) is 12.2 Å². The van der Waals surface area contributed by atoms with Gasteiger partial charge in [0.05, 0.1) is 6.04 Å². The highest BCUT2D eigenvalue weighted by molar-refractivity contribution is 5.82. The van der Waals surface area contributed by atoms with Crippen LogP contribution in [0.3, 0.4) is 0 Å². The van der Waals surface area contributed by atoms with Gasteiger partial charge in [-0.15, -0.1) is 5.10 Å². The number of carbonyl (C=O) groups is 1. The van der Waals surface area contributed by atoms with Crippen LogP contribution in [-0.4, -0.2) is 25.8 Å². The Morgan fingerprint density at radius 1 is 1.60 bits per heavy atom. The van der Waals surface area contributed by atoms with E-state index < -0.39 is 5.97 Å². The Labute approximate surface area is 88.1 Å². The third-order valence-electron chi connectivity index (χ3n) is 2.97. The molecule has 1 N–H and O–H groups in total. The van der Waals surface area contributed by atoms with Gasteiger partial charge in [-0.05, 0) is 12.3 Å². The first kappa shape index (κ1) is 10.1. The van der Waals surface area contributed by atoms with Crippen molar-refractivity contribution in [1.82, 2.24) is 14.8 Å². The Hall–Kier alpha value is -1.39. The fraction of sp³-hybridized carbons (Fsp3) is 0.700. The van der Waals surface area contributed by atoms with Gasteiger partial charge in [-0.2, -0.15) is 0 Å². The second-order valence-electron chi connectivity index (χ2n) is 4.49. The van der Waals surface area contributed by atoms with E-state index in [-0.39, 0.29) is 11.9 Å². The summed E-state index contributed by atoms with van der Waals surface area (Å²) >= 11 is 0. The molecule has 0 aromatic carbocycles. The van der Waals surface area contributed by atoms with E-state index in [2.05, 4.69) is 30.9 Å². The largest absolute Gasteiger partial charge is 0.475 e. The minimum absolute atomic E-state index is 0.0813. The number of hydrogen-bond acceptors (Lipinski definition) is 3. The quantitative estimate of drug-likeness (QED) is 0.804. The first-order valence-electron chi connectivity index (χ1n) is 5.20. The van der Waals surface area contributed by atoms with E-state index >= 15 is 0 Å². The average Bonchev–Trinajstić information content (AvgIpc) is 2.66. The number of hydrogen-bond donors (Lipinski definition) is 1. The third-order valence-corrected chi connectivity index (χ3v) is 2.97. The van der Waals surface area contributed by atoms with Crippen LogP contribution in [-0.2, 0) is 0 Å². The molecule has 15 heavy (non-hydrogen) atoms. The summed E-state index contributed by atoms with van der Waals surface area (Å²) in [5.74, 6) is 0.440. The molecular weight excluding hydrogens is 194 g/mol. The van der Waals surface area contributed by atoms with E-state index in [9.17, 15) is 4.79 Å². The van der Waals surface area contributed by atoms with Crippen LogP contribution in [0.25, 0.3) is 0 Å². The molecule has 1 aromatic heterocycles. The lowest BCUT2D eigenvalue weighted by Crippen LogP contribution is -2.13. The normalized spacial score (nSPS) is 24.5. The van der Waals surface area contributed by atoms with Gasteiger partial charge in [0, 0.05) is 5.92 Å². The summed E-state index contributed by atoms with van der Waals surface area (Å²) in [7, 11) is 0. The number of nitrogens with zero attached hydrogens (tertiary/aromatic N) is 3. The van der Waals surface area contributed by atoms with Gasteiger partial charge in [0.2, 0.25) is 0 Å². The average molecular weight is 209 g/mol. The van der Waals surface area contributed by atoms with Crippen LogP contribution in [0, 0.1) is 5.92 Å². The molecule has 82 valence electrons. The first-order chi connectivity index (χ1) is 7.00. The molecule has 0 saturated heterocycles. The van der Waals surface area contributed by atoms with E-state index in [1.54, 1.807) is 4.68 Å². The van der Waals surface area contributed by atoms with Gasteiger partial charge >= 0.3 is 5.97 Å². The molecular formula is C10H15N3O2. The van der Waals surface area contributed by atoms with Gasteiger partial charge in [0.1, 0.15) is 5.82 Å². The highest BCUT2D eigenvalue weighted by Gasteiger charge is 2.34. The van der Waals surface area contributed by atoms with Crippen LogP contribution >= 0.6 is 0 Å². The second-order valence-corrected chi connectivity index (χ2v) is 4.49. The van der Waals surface area contributed by atoms with Crippen LogP contribution in [0.15, 0.2) is 0 Å². The van der Waals surface area contributed by atoms with Gasteiger partial charge in [-0.1, -0.05) is 20.8 Å². The standard InChI is InChI=1S/C10H15N3O2/c1-5(2)7-4-6(3)9-11-8(10(14)15)12-13(7)9/h5-7H,4H2,1-3H3,(H,14,15)/t6-,7-/m0/s1. The fourth-order valence-electron chi connectivity index (χ4n) is 2.13. The smallest absolute Gasteiger partial charge is 0.375 e. The molecule has 2 heterocycles. The number of aromatic nitrogens is 3. The van der Waals surface area contributed by atoms with Crippen molar-refractivity contribution >= 4 is 5.97 Å². The predicted octanol–water partition coefficient (Wildman–Crippen LogP) is 1.68. The SMILES string of the molecule is CC(C)[C@@H]1C[C@H](C)c2nc(C(=O)O)nn21. The molecule has 2 rings (SSSR count). The zero-order chi connectivity index (χ0) is 11.2. The summed E-state index contributed by atoms with van der Waals surface area (Å²) in [6.07, 6.45) is 1.01. The lowest BCUT2D eigenvalue weighted by Gasteiger charge is -2.15. The fourth-order valence-corrected chi connectivity index (χ4v) is 2.13. The molecule has 0 amide bonds. The summed E-state index contributed by atoms with van der Waals surface area (Å²) in [6.45, 7) is 6.30. The Kier molecular flexibility index (Phi) is 2.25. The molecule has 0 radical (unpaired) electrons. The van der Waals surface area contributed by atoms with E-state index in [0.29, 0.717) is 11.8 Å². The number of carboxylic acid groups (broad SMARTS) is 1. The minimum Gasteiger partial charge on any atom is -0.475 e. The van der Waals surface area contributed by atoms with Gasteiger partial charge < -0.3 is 5.11 Å². The Morgan fingerprint density at radius 2 is 2.27 bits per heavy atom. The van der Waals surface area contributed by atoms with Crippen LogP contribution in [0.1, 0.15) is 55.6 Å². The molecule has 1 aliphatic heterocycles. The Bertz CT molecular complexity index is 397. The molecule has 0 aliphatic carbocycles. The Morgan fingerprint density at radius 3 is 2.80 bits per heavy atom. The van der Waals surface area contributed by atoms with Crippen molar-refractivity contribution in [3.05, 3.63) is 11.6 Å². The molecule has 1 aromatic rings. The molecule has 0 fully saturated rings. The molecule has 5 heteroatoms. The van der Waals surface area contributed by atoms with Crippen molar-refractivity contribution in [2.75, 3.05) is 0 Å². The highest BCUT2D eigenvalue weighted by atomic mass is 16.4. The lowest BCUT2D eigenvalue weighted by atomic mass is 9.98. The zero-order valence-electron chi connectivity index (χ0n) is 9.14. The van der Waals surface area contributed by atoms with Crippen molar-refractivity contribution in [3.63, 3.8) is 0 Å². The molecule has 2 atom stereocenters. The van der Waals surface area contributed by atoms with E-state index in [4.69, 9.17) is 5.11 Å². The van der Waals surface area contributed by atoms with Gasteiger partial charge in [-0.3, -0.25) is 0 Å². The summed E-state index contributed by atoms with van der Waals surface area (Å²) in [4.78, 5) is 14.8. The maximum atomic E-state index is 10.8. The number of rotatable bonds is 2. The Balaban J connectivity index is 2.41. The second kappa shape index (κ2) is 3.32. The first-order valence-corrected chi connectivity index (χ1v) is 5.20. The highest BCUT2D eigenvalue weighted by Crippen LogP contribution is 2.37. The van der Waals surface area contributed by atoms with Crippen LogP contribution in [0.4, 0.5) is 0 Å². The van der Waals surface area contributed by atoms with Crippen LogP contribution in [0.2, 0.25) is 0 Å². The summed E-state index contributed by atoms with van der Waals surface area (Å²) in [6, 6.07) is 0.288. The van der Waals surface area contributed by atoms with Gasteiger partial charge in [-0.25, -0.2) is 14.5 Å². The van der Waals surface area contributed by atoms with E-state index in [1.165, 1.54) is 0 Å². The zero-order valence-corrected chi connectivity index (χ0v) is 9.14. The molecule has 1 aliphatic rings. The number of carboxylic acids is 1. The number of fused-ring (bicyclic) bond motifs is 1. The number of aromatic carboxylic acids is 1. The van der Waals surface area contributed by atoms with Gasteiger partial charge in [0.25, 0.3) is 5.82 Å². The third kappa shape index (κ3) is 1.52. The topological polar surface area (TPSA) is 68.0 Å². The summed E-state index contributed by atoms with van der Waals surface area (Å²) in [5.41, 5.74) is 0. The predicted molar refractivity (Wildman–Crippen MR) is 53.9 cm³/mol. The monoisotopic (exact) mass is 209 g/mol. The van der Waals surface area contributed by atoms with Crippen molar-refractivity contribution in [1.29, 1.82) is 0 Å². The summed E-state index contributed by atoms with van der Waals surface area (Å²) < 4.78 is 1.79. The van der Waals surface area contributed by atoms with Crippen molar-refractivity contribution < 1.29 is 9.90 Å².